The van der Waals surface area contributed by atoms with Crippen LogP contribution in [0.15, 0.2) is 16.5 Å². The fraction of sp³-hybridized carbons (Fsp3) is 0.250. The smallest absolute Gasteiger partial charge is 0.198 e. The van der Waals surface area contributed by atoms with E-state index in [0.29, 0.717) is 37.3 Å². The molecule has 2 heterocycles. The lowest BCUT2D eigenvalue weighted by Gasteiger charge is -2.07. The summed E-state index contributed by atoms with van der Waals surface area (Å²) >= 11 is 7.23. The van der Waals surface area contributed by atoms with Gasteiger partial charge in [-0.25, -0.2) is 9.37 Å². The summed E-state index contributed by atoms with van der Waals surface area (Å²) in [5, 5.41) is 9.47. The van der Waals surface area contributed by atoms with Crippen LogP contribution in [0.3, 0.4) is 0 Å². The molecule has 1 saturated carbocycles. The first-order valence-electron chi connectivity index (χ1n) is 6.88. The molecule has 0 atom stereocenters. The van der Waals surface area contributed by atoms with E-state index in [1.54, 1.807) is 19.1 Å². The summed E-state index contributed by atoms with van der Waals surface area (Å²) in [7, 11) is 0. The van der Waals surface area contributed by atoms with Crippen LogP contribution < -0.4 is 0 Å². The maximum absolute atomic E-state index is 15.0. The monoisotopic (exact) mass is 332 g/mol. The van der Waals surface area contributed by atoms with Crippen molar-refractivity contribution in [3.05, 3.63) is 39.3 Å². The minimum atomic E-state index is -0.468. The number of hydrogen-bond donors (Lipinski definition) is 0. The molecule has 0 amide bonds. The molecule has 22 heavy (non-hydrogen) atoms. The Morgan fingerprint density at radius 3 is 2.82 bits per heavy atom. The Labute approximate surface area is 135 Å². The van der Waals surface area contributed by atoms with Crippen LogP contribution in [0.25, 0.3) is 21.5 Å². The number of nitrogens with zero attached hydrogens (tertiary/aromatic N) is 2. The third-order valence-corrected chi connectivity index (χ3v) is 5.16. The van der Waals surface area contributed by atoms with Gasteiger partial charge < -0.3 is 4.42 Å². The van der Waals surface area contributed by atoms with Crippen LogP contribution in [-0.2, 0) is 0 Å². The fourth-order valence-corrected chi connectivity index (χ4v) is 3.76. The van der Waals surface area contributed by atoms with Gasteiger partial charge in [-0.15, -0.1) is 11.3 Å². The Hall–Kier alpha value is -1.90. The third-order valence-electron chi connectivity index (χ3n) is 3.91. The van der Waals surface area contributed by atoms with E-state index in [2.05, 4.69) is 11.1 Å². The molecule has 0 aliphatic heterocycles. The molecule has 3 nitrogen and oxygen atoms in total. The van der Waals surface area contributed by atoms with E-state index < -0.39 is 5.82 Å². The average Bonchev–Trinajstić information content (AvgIpc) is 3.11. The van der Waals surface area contributed by atoms with Crippen LogP contribution in [0.4, 0.5) is 4.39 Å². The van der Waals surface area contributed by atoms with E-state index in [0.717, 1.165) is 12.8 Å². The first-order chi connectivity index (χ1) is 10.6. The largest absolute Gasteiger partial charge is 0.437 e. The highest BCUT2D eigenvalue weighted by Crippen LogP contribution is 2.44. The van der Waals surface area contributed by atoms with Crippen LogP contribution >= 0.6 is 22.9 Å². The number of nitriles is 1. The second-order valence-corrected chi connectivity index (χ2v) is 7.12. The molecule has 0 N–H and O–H groups in total. The van der Waals surface area contributed by atoms with Crippen molar-refractivity contribution in [2.24, 2.45) is 0 Å². The number of thiophene rings is 1. The minimum Gasteiger partial charge on any atom is -0.437 e. The summed E-state index contributed by atoms with van der Waals surface area (Å²) < 4.78 is 21.2. The second-order valence-electron chi connectivity index (χ2n) is 5.41. The van der Waals surface area contributed by atoms with Gasteiger partial charge in [0.2, 0.25) is 0 Å². The highest BCUT2D eigenvalue weighted by molar-refractivity contribution is 7.19. The van der Waals surface area contributed by atoms with Gasteiger partial charge in [0, 0.05) is 16.4 Å². The predicted octanol–water partition coefficient (Wildman–Crippen LogP) is 5.41. The van der Waals surface area contributed by atoms with Crippen molar-refractivity contribution in [2.45, 2.75) is 25.7 Å². The van der Waals surface area contributed by atoms with E-state index in [4.69, 9.17) is 16.0 Å². The number of fused-ring (bicyclic) bond motifs is 1. The van der Waals surface area contributed by atoms with Crippen LogP contribution in [0.5, 0.6) is 0 Å². The van der Waals surface area contributed by atoms with Crippen LogP contribution in [0.2, 0.25) is 4.34 Å². The highest BCUT2D eigenvalue weighted by atomic mass is 35.5. The molecular formula is C16H10ClFN2OS. The molecule has 4 rings (SSSR count). The van der Waals surface area contributed by atoms with Crippen LogP contribution in [0, 0.1) is 24.1 Å². The van der Waals surface area contributed by atoms with Crippen molar-refractivity contribution in [1.82, 2.24) is 4.98 Å². The van der Waals surface area contributed by atoms with E-state index in [9.17, 15) is 9.65 Å². The van der Waals surface area contributed by atoms with Gasteiger partial charge in [0.05, 0.1) is 9.90 Å². The number of oxazole rings is 1. The first-order valence-corrected chi connectivity index (χ1v) is 8.08. The van der Waals surface area contributed by atoms with Crippen molar-refractivity contribution < 1.29 is 8.81 Å². The zero-order chi connectivity index (χ0) is 15.4. The van der Waals surface area contributed by atoms with E-state index >= 15 is 0 Å². The SMILES string of the molecule is Cc1c(-c2ccc(Cl)s2)c(F)c2oc(C3CC3)nc2c1C#N. The molecule has 0 bridgehead atoms. The molecule has 110 valence electrons. The Bertz CT molecular complexity index is 949. The number of aromatic nitrogens is 1. The normalized spacial score (nSPS) is 14.5. The lowest BCUT2D eigenvalue weighted by molar-refractivity contribution is 0.509. The maximum atomic E-state index is 15.0. The van der Waals surface area contributed by atoms with Gasteiger partial charge in [-0.3, -0.25) is 0 Å². The van der Waals surface area contributed by atoms with Crippen molar-refractivity contribution in [3.8, 4) is 16.5 Å². The van der Waals surface area contributed by atoms with Gasteiger partial charge in [-0.05, 0) is 37.5 Å². The van der Waals surface area contributed by atoms with Crippen LogP contribution in [-0.4, -0.2) is 4.98 Å². The first kappa shape index (κ1) is 13.7. The highest BCUT2D eigenvalue weighted by Gasteiger charge is 2.31. The summed E-state index contributed by atoms with van der Waals surface area (Å²) in [6, 6.07) is 5.61. The van der Waals surface area contributed by atoms with Crippen molar-refractivity contribution in [2.75, 3.05) is 0 Å². The van der Waals surface area contributed by atoms with Gasteiger partial charge in [0.15, 0.2) is 17.3 Å². The molecule has 1 aromatic carbocycles. The average molecular weight is 333 g/mol. The molecule has 3 aromatic rings. The number of rotatable bonds is 2. The third kappa shape index (κ3) is 1.95. The molecule has 1 aliphatic rings. The van der Waals surface area contributed by atoms with E-state index in [-0.39, 0.29) is 11.5 Å². The zero-order valence-electron chi connectivity index (χ0n) is 11.6. The zero-order valence-corrected chi connectivity index (χ0v) is 13.2. The molecular weight excluding hydrogens is 323 g/mol. The molecule has 6 heteroatoms. The van der Waals surface area contributed by atoms with E-state index in [1.807, 2.05) is 0 Å². The summed E-state index contributed by atoms with van der Waals surface area (Å²) in [4.78, 5) is 5.04. The van der Waals surface area contributed by atoms with Gasteiger partial charge in [0.25, 0.3) is 0 Å². The molecule has 1 fully saturated rings. The Balaban J connectivity index is 2.07. The van der Waals surface area contributed by atoms with Crippen LogP contribution in [0.1, 0.15) is 35.8 Å². The maximum Gasteiger partial charge on any atom is 0.198 e. The summed E-state index contributed by atoms with van der Waals surface area (Å²) in [6.07, 6.45) is 2.01. The Morgan fingerprint density at radius 1 is 1.45 bits per heavy atom. The Morgan fingerprint density at radius 2 is 2.23 bits per heavy atom. The molecule has 0 unspecified atom stereocenters. The molecule has 0 radical (unpaired) electrons. The Kier molecular flexibility index (Phi) is 3.00. The lowest BCUT2D eigenvalue weighted by atomic mass is 9.99. The molecule has 0 saturated heterocycles. The summed E-state index contributed by atoms with van der Waals surface area (Å²) in [5.41, 5.74) is 1.71. The van der Waals surface area contributed by atoms with E-state index in [1.165, 1.54) is 11.3 Å². The van der Waals surface area contributed by atoms with Gasteiger partial charge in [-0.2, -0.15) is 5.26 Å². The molecule has 1 aliphatic carbocycles. The number of benzene rings is 1. The van der Waals surface area contributed by atoms with Gasteiger partial charge in [-0.1, -0.05) is 11.6 Å². The second kappa shape index (κ2) is 4.80. The fourth-order valence-electron chi connectivity index (χ4n) is 2.62. The quantitative estimate of drug-likeness (QED) is 0.630. The van der Waals surface area contributed by atoms with Crippen molar-refractivity contribution >= 4 is 34.0 Å². The van der Waals surface area contributed by atoms with Crippen molar-refractivity contribution in [1.29, 1.82) is 5.26 Å². The predicted molar refractivity (Wildman–Crippen MR) is 83.7 cm³/mol. The number of hydrogen-bond acceptors (Lipinski definition) is 4. The van der Waals surface area contributed by atoms with Crippen molar-refractivity contribution in [3.63, 3.8) is 0 Å². The lowest BCUT2D eigenvalue weighted by Crippen LogP contribution is -1.94. The standard InChI is InChI=1S/C16H10ClFN2OS/c1-7-9(6-19)14-15(21-16(20-14)8-2-3-8)13(18)12(7)10-4-5-11(17)22-10/h4-5,8H,2-3H2,1H3. The minimum absolute atomic E-state index is 0.0728. The molecule has 0 spiro atoms. The molecule has 2 aromatic heterocycles. The summed E-state index contributed by atoms with van der Waals surface area (Å²) in [6.45, 7) is 1.73. The van der Waals surface area contributed by atoms with Gasteiger partial charge >= 0.3 is 0 Å². The summed E-state index contributed by atoms with van der Waals surface area (Å²) in [5.74, 6) is 0.328. The van der Waals surface area contributed by atoms with Gasteiger partial charge in [0.1, 0.15) is 11.6 Å². The number of halogens is 2. The topological polar surface area (TPSA) is 49.8 Å².